The van der Waals surface area contributed by atoms with Gasteiger partial charge in [-0.1, -0.05) is 18.0 Å². The maximum absolute atomic E-state index is 8.53. The van der Waals surface area contributed by atoms with Crippen molar-refractivity contribution < 1.29 is 9.94 Å². The molecule has 0 radical (unpaired) electrons. The van der Waals surface area contributed by atoms with Gasteiger partial charge in [0.2, 0.25) is 0 Å². The minimum atomic E-state index is 0.304. The number of nitrogens with zero attached hydrogens (tertiary/aromatic N) is 2. The van der Waals surface area contributed by atoms with Gasteiger partial charge in [0.25, 0.3) is 0 Å². The van der Waals surface area contributed by atoms with Crippen LogP contribution in [0.1, 0.15) is 32.1 Å². The second kappa shape index (κ2) is 8.31. The first kappa shape index (κ1) is 14.3. The van der Waals surface area contributed by atoms with Crippen LogP contribution in [-0.4, -0.2) is 49.3 Å². The van der Waals surface area contributed by atoms with E-state index in [0.29, 0.717) is 12.3 Å². The average Bonchev–Trinajstić information content (AvgIpc) is 2.84. The van der Waals surface area contributed by atoms with Crippen LogP contribution in [0.2, 0.25) is 0 Å². The molecule has 0 amide bonds. The van der Waals surface area contributed by atoms with Crippen molar-refractivity contribution in [2.75, 3.05) is 33.4 Å². The molecule has 3 N–H and O–H groups in total. The molecule has 1 fully saturated rings. The Morgan fingerprint density at radius 3 is 2.71 bits per heavy atom. The summed E-state index contributed by atoms with van der Waals surface area (Å²) < 4.78 is 5.12. The Kier molecular flexibility index (Phi) is 6.96. The standard InChI is InChI=1S/C12H25N3O2/c1-17-9-8-15(7-6-12(13)14-16)10-11-4-2-3-5-11/h11,16H,2-10H2,1H3,(H2,13,14). The van der Waals surface area contributed by atoms with E-state index >= 15 is 0 Å². The molecule has 1 rings (SSSR count). The lowest BCUT2D eigenvalue weighted by atomic mass is 10.1. The monoisotopic (exact) mass is 243 g/mol. The fraction of sp³-hybridized carbons (Fsp3) is 0.917. The zero-order valence-corrected chi connectivity index (χ0v) is 10.8. The molecule has 1 aliphatic rings. The van der Waals surface area contributed by atoms with Gasteiger partial charge in [0.05, 0.1) is 6.61 Å². The molecule has 100 valence electrons. The first-order valence-electron chi connectivity index (χ1n) is 6.44. The minimum Gasteiger partial charge on any atom is -0.409 e. The zero-order chi connectivity index (χ0) is 12.5. The Morgan fingerprint density at radius 1 is 1.41 bits per heavy atom. The van der Waals surface area contributed by atoms with Gasteiger partial charge in [0.15, 0.2) is 0 Å². The number of hydrogen-bond donors (Lipinski definition) is 2. The summed E-state index contributed by atoms with van der Waals surface area (Å²) in [4.78, 5) is 2.36. The van der Waals surface area contributed by atoms with E-state index in [1.54, 1.807) is 7.11 Å². The largest absolute Gasteiger partial charge is 0.409 e. The van der Waals surface area contributed by atoms with E-state index in [1.165, 1.54) is 25.7 Å². The van der Waals surface area contributed by atoms with Gasteiger partial charge in [0, 0.05) is 33.2 Å². The Morgan fingerprint density at radius 2 is 2.12 bits per heavy atom. The van der Waals surface area contributed by atoms with Crippen molar-refractivity contribution in [1.82, 2.24) is 4.90 Å². The summed E-state index contributed by atoms with van der Waals surface area (Å²) in [5, 5.41) is 11.5. The second-order valence-electron chi connectivity index (χ2n) is 4.79. The number of hydrogen-bond acceptors (Lipinski definition) is 4. The number of rotatable bonds is 8. The number of amidine groups is 1. The van der Waals surface area contributed by atoms with Gasteiger partial charge in [-0.2, -0.15) is 0 Å². The molecule has 5 heteroatoms. The number of nitrogens with two attached hydrogens (primary N) is 1. The molecule has 0 heterocycles. The van der Waals surface area contributed by atoms with E-state index in [0.717, 1.165) is 32.2 Å². The molecule has 1 saturated carbocycles. The van der Waals surface area contributed by atoms with Crippen LogP contribution in [0.25, 0.3) is 0 Å². The van der Waals surface area contributed by atoms with Gasteiger partial charge in [-0.15, -0.1) is 0 Å². The number of methoxy groups -OCH3 is 1. The molecular formula is C12H25N3O2. The first-order chi connectivity index (χ1) is 8.26. The van der Waals surface area contributed by atoms with Crippen LogP contribution in [0.4, 0.5) is 0 Å². The van der Waals surface area contributed by atoms with Crippen molar-refractivity contribution in [1.29, 1.82) is 0 Å². The van der Waals surface area contributed by atoms with Gasteiger partial charge in [0.1, 0.15) is 5.84 Å². The van der Waals surface area contributed by atoms with Crippen LogP contribution in [-0.2, 0) is 4.74 Å². The highest BCUT2D eigenvalue weighted by Gasteiger charge is 2.18. The zero-order valence-electron chi connectivity index (χ0n) is 10.8. The number of ether oxygens (including phenoxy) is 1. The van der Waals surface area contributed by atoms with E-state index in [1.807, 2.05) is 0 Å². The molecular weight excluding hydrogens is 218 g/mol. The SMILES string of the molecule is COCCN(CCC(N)=NO)CC1CCCC1. The lowest BCUT2D eigenvalue weighted by Crippen LogP contribution is -2.34. The predicted octanol–water partition coefficient (Wildman–Crippen LogP) is 1.26. The van der Waals surface area contributed by atoms with Gasteiger partial charge in [-0.25, -0.2) is 0 Å². The van der Waals surface area contributed by atoms with E-state index in [9.17, 15) is 0 Å². The molecule has 0 aromatic rings. The van der Waals surface area contributed by atoms with Crippen LogP contribution in [0.3, 0.4) is 0 Å². The fourth-order valence-corrected chi connectivity index (χ4v) is 2.40. The average molecular weight is 243 g/mol. The molecule has 0 atom stereocenters. The summed E-state index contributed by atoms with van der Waals surface area (Å²) in [7, 11) is 1.72. The van der Waals surface area contributed by atoms with Gasteiger partial charge >= 0.3 is 0 Å². The summed E-state index contributed by atoms with van der Waals surface area (Å²) in [6.07, 6.45) is 6.03. The van der Waals surface area contributed by atoms with Crippen molar-refractivity contribution in [3.8, 4) is 0 Å². The quantitative estimate of drug-likeness (QED) is 0.291. The smallest absolute Gasteiger partial charge is 0.140 e. The fourth-order valence-electron chi connectivity index (χ4n) is 2.40. The highest BCUT2D eigenvalue weighted by molar-refractivity contribution is 5.79. The van der Waals surface area contributed by atoms with Gasteiger partial charge in [-0.05, 0) is 18.8 Å². The molecule has 0 saturated heterocycles. The molecule has 1 aliphatic carbocycles. The Balaban J connectivity index is 2.30. The van der Waals surface area contributed by atoms with Crippen molar-refractivity contribution in [2.24, 2.45) is 16.8 Å². The van der Waals surface area contributed by atoms with E-state index < -0.39 is 0 Å². The summed E-state index contributed by atoms with van der Waals surface area (Å²) in [6, 6.07) is 0. The molecule has 17 heavy (non-hydrogen) atoms. The molecule has 0 spiro atoms. The van der Waals surface area contributed by atoms with Crippen molar-refractivity contribution >= 4 is 5.84 Å². The Bertz CT molecular complexity index is 228. The van der Waals surface area contributed by atoms with Crippen LogP contribution in [0.15, 0.2) is 5.16 Å². The van der Waals surface area contributed by atoms with E-state index in [2.05, 4.69) is 10.1 Å². The molecule has 5 nitrogen and oxygen atoms in total. The van der Waals surface area contributed by atoms with Crippen LogP contribution >= 0.6 is 0 Å². The number of oxime groups is 1. The molecule has 0 aromatic carbocycles. The van der Waals surface area contributed by atoms with Gasteiger partial charge in [-0.3, -0.25) is 0 Å². The highest BCUT2D eigenvalue weighted by Crippen LogP contribution is 2.25. The molecule has 0 aliphatic heterocycles. The van der Waals surface area contributed by atoms with Crippen LogP contribution in [0.5, 0.6) is 0 Å². The minimum absolute atomic E-state index is 0.304. The summed E-state index contributed by atoms with van der Waals surface area (Å²) >= 11 is 0. The van der Waals surface area contributed by atoms with E-state index in [-0.39, 0.29) is 0 Å². The third kappa shape index (κ3) is 5.89. The second-order valence-corrected chi connectivity index (χ2v) is 4.79. The third-order valence-electron chi connectivity index (χ3n) is 3.42. The van der Waals surface area contributed by atoms with Gasteiger partial charge < -0.3 is 20.6 Å². The first-order valence-corrected chi connectivity index (χ1v) is 6.44. The van der Waals surface area contributed by atoms with Crippen LogP contribution in [0, 0.1) is 5.92 Å². The normalized spacial score (nSPS) is 18.1. The molecule has 0 bridgehead atoms. The van der Waals surface area contributed by atoms with Crippen molar-refractivity contribution in [3.63, 3.8) is 0 Å². The highest BCUT2D eigenvalue weighted by atomic mass is 16.5. The maximum atomic E-state index is 8.53. The van der Waals surface area contributed by atoms with Crippen LogP contribution < -0.4 is 5.73 Å². The Labute approximate surface area is 104 Å². The van der Waals surface area contributed by atoms with Crippen molar-refractivity contribution in [3.05, 3.63) is 0 Å². The lowest BCUT2D eigenvalue weighted by Gasteiger charge is -2.24. The predicted molar refractivity (Wildman–Crippen MR) is 68.3 cm³/mol. The molecule has 0 unspecified atom stereocenters. The third-order valence-corrected chi connectivity index (χ3v) is 3.42. The maximum Gasteiger partial charge on any atom is 0.140 e. The summed E-state index contributed by atoms with van der Waals surface area (Å²) in [5.74, 6) is 1.12. The summed E-state index contributed by atoms with van der Waals surface area (Å²) in [5.41, 5.74) is 5.50. The lowest BCUT2D eigenvalue weighted by molar-refractivity contribution is 0.138. The Hall–Kier alpha value is -0.810. The summed E-state index contributed by atoms with van der Waals surface area (Å²) in [6.45, 7) is 3.62. The topological polar surface area (TPSA) is 71.1 Å². The molecule has 0 aromatic heterocycles. The van der Waals surface area contributed by atoms with E-state index in [4.69, 9.17) is 15.7 Å². The van der Waals surface area contributed by atoms with Crippen molar-refractivity contribution in [2.45, 2.75) is 32.1 Å².